The molecule has 0 spiro atoms. The summed E-state index contributed by atoms with van der Waals surface area (Å²) in [5.74, 6) is 0.134. The maximum atomic E-state index is 8.77. The third kappa shape index (κ3) is 3.92. The molecule has 0 heterocycles. The average Bonchev–Trinajstić information content (AvgIpc) is 2.42. The van der Waals surface area contributed by atoms with Crippen LogP contribution >= 0.6 is 0 Å². The van der Waals surface area contributed by atoms with Gasteiger partial charge < -0.3 is 20.6 Å². The molecule has 0 saturated heterocycles. The van der Waals surface area contributed by atoms with Gasteiger partial charge in [0, 0.05) is 38.6 Å². The topological polar surface area (TPSA) is 71.1 Å². The SMILES string of the molecule is COCCCCN(C)c1ccccc1/C(N)=N/O. The van der Waals surface area contributed by atoms with Crippen molar-refractivity contribution in [1.82, 2.24) is 0 Å². The lowest BCUT2D eigenvalue weighted by Crippen LogP contribution is -2.24. The van der Waals surface area contributed by atoms with E-state index in [4.69, 9.17) is 15.7 Å². The number of methoxy groups -OCH3 is 1. The first-order valence-corrected chi connectivity index (χ1v) is 5.97. The first-order chi connectivity index (χ1) is 8.70. The lowest BCUT2D eigenvalue weighted by molar-refractivity contribution is 0.193. The zero-order valence-electron chi connectivity index (χ0n) is 11.0. The molecular weight excluding hydrogens is 230 g/mol. The zero-order chi connectivity index (χ0) is 13.4. The number of nitrogens with two attached hydrogens (primary N) is 1. The molecule has 0 atom stereocenters. The molecule has 0 aliphatic rings. The van der Waals surface area contributed by atoms with Crippen LogP contribution in [0.3, 0.4) is 0 Å². The molecule has 5 heteroatoms. The fraction of sp³-hybridized carbons (Fsp3) is 0.462. The average molecular weight is 251 g/mol. The Morgan fingerprint density at radius 1 is 1.39 bits per heavy atom. The Balaban J connectivity index is 2.70. The molecule has 0 aliphatic heterocycles. The molecule has 100 valence electrons. The molecule has 1 rings (SSSR count). The van der Waals surface area contributed by atoms with Crippen molar-refractivity contribution < 1.29 is 9.94 Å². The van der Waals surface area contributed by atoms with Gasteiger partial charge in [0.15, 0.2) is 5.84 Å². The van der Waals surface area contributed by atoms with Crippen molar-refractivity contribution in [2.75, 3.05) is 32.2 Å². The van der Waals surface area contributed by atoms with Crippen LogP contribution in [0.25, 0.3) is 0 Å². The molecule has 0 amide bonds. The van der Waals surface area contributed by atoms with Crippen molar-refractivity contribution in [3.8, 4) is 0 Å². The van der Waals surface area contributed by atoms with E-state index in [1.54, 1.807) is 7.11 Å². The second-order valence-corrected chi connectivity index (χ2v) is 4.12. The van der Waals surface area contributed by atoms with Crippen LogP contribution in [0, 0.1) is 0 Å². The number of anilines is 1. The van der Waals surface area contributed by atoms with Crippen LogP contribution in [0.5, 0.6) is 0 Å². The molecule has 18 heavy (non-hydrogen) atoms. The van der Waals surface area contributed by atoms with E-state index in [0.717, 1.165) is 37.2 Å². The predicted octanol–water partition coefficient (Wildman–Crippen LogP) is 1.64. The van der Waals surface area contributed by atoms with Crippen molar-refractivity contribution in [3.63, 3.8) is 0 Å². The Kier molecular flexibility index (Phi) is 6.00. The van der Waals surface area contributed by atoms with Crippen LogP contribution in [-0.2, 0) is 4.74 Å². The van der Waals surface area contributed by atoms with Gasteiger partial charge >= 0.3 is 0 Å². The summed E-state index contributed by atoms with van der Waals surface area (Å²) in [6.45, 7) is 1.68. The molecule has 1 aromatic rings. The van der Waals surface area contributed by atoms with E-state index in [1.165, 1.54) is 0 Å². The number of oxime groups is 1. The number of unbranched alkanes of at least 4 members (excludes halogenated alkanes) is 1. The highest BCUT2D eigenvalue weighted by molar-refractivity contribution is 6.02. The van der Waals surface area contributed by atoms with Gasteiger partial charge in [-0.15, -0.1) is 0 Å². The van der Waals surface area contributed by atoms with E-state index in [1.807, 2.05) is 31.3 Å². The Labute approximate surface area is 108 Å². The summed E-state index contributed by atoms with van der Waals surface area (Å²) < 4.78 is 5.02. The number of benzene rings is 1. The molecule has 1 aromatic carbocycles. The first kappa shape index (κ1) is 14.3. The van der Waals surface area contributed by atoms with E-state index in [0.29, 0.717) is 0 Å². The smallest absolute Gasteiger partial charge is 0.172 e. The molecular formula is C13H21N3O2. The molecule has 0 fully saturated rings. The summed E-state index contributed by atoms with van der Waals surface area (Å²) in [4.78, 5) is 2.10. The number of rotatable bonds is 7. The summed E-state index contributed by atoms with van der Waals surface area (Å²) in [6.07, 6.45) is 2.06. The third-order valence-electron chi connectivity index (χ3n) is 2.79. The number of ether oxygens (including phenoxy) is 1. The van der Waals surface area contributed by atoms with E-state index in [2.05, 4.69) is 10.1 Å². The summed E-state index contributed by atoms with van der Waals surface area (Å²) in [6, 6.07) is 7.62. The molecule has 0 aliphatic carbocycles. The number of nitrogens with zero attached hydrogens (tertiary/aromatic N) is 2. The molecule has 5 nitrogen and oxygen atoms in total. The van der Waals surface area contributed by atoms with E-state index in [-0.39, 0.29) is 5.84 Å². The predicted molar refractivity (Wildman–Crippen MR) is 73.3 cm³/mol. The van der Waals surface area contributed by atoms with Gasteiger partial charge in [0.05, 0.1) is 0 Å². The maximum Gasteiger partial charge on any atom is 0.172 e. The molecule has 0 unspecified atom stereocenters. The number of amidine groups is 1. The minimum atomic E-state index is 0.134. The second kappa shape index (κ2) is 7.55. The third-order valence-corrected chi connectivity index (χ3v) is 2.79. The maximum absolute atomic E-state index is 8.77. The quantitative estimate of drug-likeness (QED) is 0.254. The van der Waals surface area contributed by atoms with Gasteiger partial charge in [-0.1, -0.05) is 17.3 Å². The van der Waals surface area contributed by atoms with Gasteiger partial charge in [-0.2, -0.15) is 0 Å². The molecule has 3 N–H and O–H groups in total. The normalized spacial score (nSPS) is 11.6. The first-order valence-electron chi connectivity index (χ1n) is 5.97. The minimum Gasteiger partial charge on any atom is -0.409 e. The summed E-state index contributed by atoms with van der Waals surface area (Å²) >= 11 is 0. The van der Waals surface area contributed by atoms with Gasteiger partial charge in [0.1, 0.15) is 0 Å². The lowest BCUT2D eigenvalue weighted by atomic mass is 10.1. The van der Waals surface area contributed by atoms with Crippen LogP contribution < -0.4 is 10.6 Å². The number of hydrogen-bond donors (Lipinski definition) is 2. The molecule has 0 saturated carbocycles. The van der Waals surface area contributed by atoms with E-state index >= 15 is 0 Å². The van der Waals surface area contributed by atoms with E-state index in [9.17, 15) is 0 Å². The van der Waals surface area contributed by atoms with Gasteiger partial charge in [-0.05, 0) is 25.0 Å². The summed E-state index contributed by atoms with van der Waals surface area (Å²) in [7, 11) is 3.70. The van der Waals surface area contributed by atoms with Crippen molar-refractivity contribution in [3.05, 3.63) is 29.8 Å². The highest BCUT2D eigenvalue weighted by Crippen LogP contribution is 2.19. The van der Waals surface area contributed by atoms with Crippen LogP contribution in [0.2, 0.25) is 0 Å². The van der Waals surface area contributed by atoms with Crippen LogP contribution in [0.15, 0.2) is 29.4 Å². The summed E-state index contributed by atoms with van der Waals surface area (Å²) in [5.41, 5.74) is 7.37. The van der Waals surface area contributed by atoms with Crippen LogP contribution in [0.1, 0.15) is 18.4 Å². The van der Waals surface area contributed by atoms with Crippen LogP contribution in [0.4, 0.5) is 5.69 Å². The Hall–Kier alpha value is -1.75. The Morgan fingerprint density at radius 2 is 2.11 bits per heavy atom. The van der Waals surface area contributed by atoms with Crippen molar-refractivity contribution in [2.24, 2.45) is 10.9 Å². The molecule has 0 bridgehead atoms. The number of hydrogen-bond acceptors (Lipinski definition) is 4. The number of para-hydroxylation sites is 1. The highest BCUT2D eigenvalue weighted by Gasteiger charge is 2.09. The van der Waals surface area contributed by atoms with Crippen LogP contribution in [-0.4, -0.2) is 38.4 Å². The van der Waals surface area contributed by atoms with Gasteiger partial charge in [-0.25, -0.2) is 0 Å². The standard InChI is InChI=1S/C13H21N3O2/c1-16(9-5-6-10-18-2)12-8-4-3-7-11(12)13(14)15-17/h3-4,7-8,17H,5-6,9-10H2,1-2H3,(H2,14,15). The Bertz CT molecular complexity index is 394. The summed E-state index contributed by atoms with van der Waals surface area (Å²) in [5, 5.41) is 11.8. The van der Waals surface area contributed by atoms with Crippen molar-refractivity contribution >= 4 is 11.5 Å². The lowest BCUT2D eigenvalue weighted by Gasteiger charge is -2.21. The molecule has 0 aromatic heterocycles. The van der Waals surface area contributed by atoms with Gasteiger partial charge in [0.25, 0.3) is 0 Å². The Morgan fingerprint density at radius 3 is 2.78 bits per heavy atom. The molecule has 0 radical (unpaired) electrons. The van der Waals surface area contributed by atoms with E-state index < -0.39 is 0 Å². The highest BCUT2D eigenvalue weighted by atomic mass is 16.5. The zero-order valence-corrected chi connectivity index (χ0v) is 11.0. The fourth-order valence-corrected chi connectivity index (χ4v) is 1.79. The fourth-order valence-electron chi connectivity index (χ4n) is 1.79. The van der Waals surface area contributed by atoms with Crippen molar-refractivity contribution in [1.29, 1.82) is 0 Å². The van der Waals surface area contributed by atoms with Gasteiger partial charge in [0.2, 0.25) is 0 Å². The van der Waals surface area contributed by atoms with Crippen molar-refractivity contribution in [2.45, 2.75) is 12.8 Å². The second-order valence-electron chi connectivity index (χ2n) is 4.12. The van der Waals surface area contributed by atoms with Gasteiger partial charge in [-0.3, -0.25) is 0 Å². The largest absolute Gasteiger partial charge is 0.409 e. The minimum absolute atomic E-state index is 0.134. The monoisotopic (exact) mass is 251 g/mol.